The molecule has 0 radical (unpaired) electrons. The molecule has 5 heteroatoms. The third-order valence-corrected chi connectivity index (χ3v) is 6.43. The minimum atomic E-state index is -1.68. The average molecular weight is 378 g/mol. The van der Waals surface area contributed by atoms with E-state index in [-0.39, 0.29) is 12.8 Å². The normalized spacial score (nSPS) is 14.2. The third-order valence-electron chi connectivity index (χ3n) is 4.74. The summed E-state index contributed by atoms with van der Waals surface area (Å²) < 4.78 is 3.33. The fourth-order valence-corrected chi connectivity index (χ4v) is 4.78. The number of carbonyl (C=O) groups is 1. The summed E-state index contributed by atoms with van der Waals surface area (Å²) in [5, 5.41) is 20.5. The lowest BCUT2D eigenvalue weighted by atomic mass is 9.68. The van der Waals surface area contributed by atoms with Crippen molar-refractivity contribution in [1.82, 2.24) is 0 Å². The number of benzene rings is 2. The average Bonchev–Trinajstić information content (AvgIpc) is 2.69. The molecule has 0 spiro atoms. The molecule has 0 aromatic heterocycles. The van der Waals surface area contributed by atoms with Gasteiger partial charge in [0.2, 0.25) is 4.75 Å². The smallest absolute Gasteiger partial charge is 0.337 e. The summed E-state index contributed by atoms with van der Waals surface area (Å²) in [4.78, 5) is 12.9. The Bertz CT molecular complexity index is 856. The Labute approximate surface area is 162 Å². The number of hydrogen-bond acceptors (Lipinski definition) is 4. The van der Waals surface area contributed by atoms with Gasteiger partial charge in [-0.3, -0.25) is 0 Å². The minimum absolute atomic E-state index is 0.245. The molecule has 0 aliphatic carbocycles. The van der Waals surface area contributed by atoms with Crippen LogP contribution in [0.4, 0.5) is 0 Å². The first kappa shape index (κ1) is 20.4. The van der Waals surface area contributed by atoms with Gasteiger partial charge in [-0.25, -0.2) is 4.79 Å². The number of methoxy groups -OCH3 is 1. The zero-order valence-electron chi connectivity index (χ0n) is 15.5. The number of nitriles is 2. The molecule has 2 aromatic carbocycles. The molecule has 4 nitrogen and oxygen atoms in total. The molecule has 2 aromatic rings. The fraction of sp³-hybridized carbons (Fsp3) is 0.273. The van der Waals surface area contributed by atoms with Crippen LogP contribution in [0.3, 0.4) is 0 Å². The summed E-state index contributed by atoms with van der Waals surface area (Å²) in [7, 11) is 0.278. The van der Waals surface area contributed by atoms with E-state index in [1.54, 1.807) is 6.26 Å². The van der Waals surface area contributed by atoms with Gasteiger partial charge in [0.25, 0.3) is 0 Å². The van der Waals surface area contributed by atoms with Crippen molar-refractivity contribution in [3.63, 3.8) is 0 Å². The van der Waals surface area contributed by atoms with Crippen molar-refractivity contribution < 1.29 is 9.53 Å². The van der Waals surface area contributed by atoms with Crippen molar-refractivity contribution in [2.75, 3.05) is 13.4 Å². The highest BCUT2D eigenvalue weighted by molar-refractivity contribution is 8.15. The molecule has 2 atom stereocenters. The molecule has 0 amide bonds. The highest BCUT2D eigenvalue weighted by Crippen LogP contribution is 2.49. The summed E-state index contributed by atoms with van der Waals surface area (Å²) in [5.74, 6) is 3.29. The van der Waals surface area contributed by atoms with Crippen molar-refractivity contribution in [2.45, 2.75) is 17.6 Å². The Morgan fingerprint density at radius 3 is 1.74 bits per heavy atom. The van der Waals surface area contributed by atoms with Crippen LogP contribution >= 0.6 is 10.5 Å². The summed E-state index contributed by atoms with van der Waals surface area (Å²) in [6.07, 6.45) is 2.20. The summed E-state index contributed by atoms with van der Waals surface area (Å²) in [6.45, 7) is 0. The molecule has 2 rings (SSSR count). The van der Waals surface area contributed by atoms with E-state index in [1.165, 1.54) is 7.11 Å². The SMILES string of the molecule is C=S(C)C(C#N)(C(=O)OC)C(C#N)(Cc1ccccc1)Cc1ccccc1. The maximum absolute atomic E-state index is 12.9. The Morgan fingerprint density at radius 2 is 1.44 bits per heavy atom. The lowest BCUT2D eigenvalue weighted by molar-refractivity contribution is -0.144. The summed E-state index contributed by atoms with van der Waals surface area (Å²) >= 11 is 0. The molecule has 0 saturated carbocycles. The van der Waals surface area contributed by atoms with Crippen molar-refractivity contribution in [1.29, 1.82) is 10.5 Å². The monoisotopic (exact) mass is 378 g/mol. The van der Waals surface area contributed by atoms with Gasteiger partial charge in [0, 0.05) is 0 Å². The molecule has 27 heavy (non-hydrogen) atoms. The van der Waals surface area contributed by atoms with E-state index >= 15 is 0 Å². The Hall–Kier alpha value is -2.89. The van der Waals surface area contributed by atoms with Crippen LogP contribution in [0, 0.1) is 28.1 Å². The van der Waals surface area contributed by atoms with E-state index in [0.29, 0.717) is 0 Å². The predicted octanol–water partition coefficient (Wildman–Crippen LogP) is 3.75. The van der Waals surface area contributed by atoms with E-state index in [0.717, 1.165) is 11.1 Å². The van der Waals surface area contributed by atoms with Gasteiger partial charge in [-0.15, -0.1) is 0 Å². The molecule has 0 N–H and O–H groups in total. The van der Waals surface area contributed by atoms with Gasteiger partial charge >= 0.3 is 5.97 Å². The van der Waals surface area contributed by atoms with E-state index in [1.807, 2.05) is 60.7 Å². The van der Waals surface area contributed by atoms with Crippen LogP contribution in [-0.4, -0.2) is 30.0 Å². The number of carbonyl (C=O) groups excluding carboxylic acids is 1. The van der Waals surface area contributed by atoms with Gasteiger partial charge in [-0.2, -0.15) is 21.0 Å². The van der Waals surface area contributed by atoms with Gasteiger partial charge in [0.15, 0.2) is 0 Å². The molecule has 0 saturated heterocycles. The molecule has 0 aliphatic rings. The first-order valence-electron chi connectivity index (χ1n) is 8.40. The predicted molar refractivity (Wildman–Crippen MR) is 109 cm³/mol. The maximum Gasteiger partial charge on any atom is 0.337 e. The van der Waals surface area contributed by atoms with Crippen molar-refractivity contribution in [3.8, 4) is 12.1 Å². The van der Waals surface area contributed by atoms with E-state index in [2.05, 4.69) is 18.0 Å². The zero-order chi connectivity index (χ0) is 19.9. The number of esters is 1. The van der Waals surface area contributed by atoms with Crippen molar-refractivity contribution in [2.24, 2.45) is 5.41 Å². The number of ether oxygens (including phenoxy) is 1. The first-order chi connectivity index (χ1) is 13.0. The highest BCUT2D eigenvalue weighted by Gasteiger charge is 2.59. The number of nitrogens with zero attached hydrogens (tertiary/aromatic N) is 2. The Morgan fingerprint density at radius 1 is 1.00 bits per heavy atom. The van der Waals surface area contributed by atoms with Crippen LogP contribution in [0.2, 0.25) is 0 Å². The third kappa shape index (κ3) is 3.79. The summed E-state index contributed by atoms with van der Waals surface area (Å²) in [5.41, 5.74) is 0.435. The van der Waals surface area contributed by atoms with Gasteiger partial charge in [-0.05, 0) is 30.2 Å². The molecule has 138 valence electrons. The topological polar surface area (TPSA) is 73.9 Å². The quantitative estimate of drug-likeness (QED) is 0.543. The van der Waals surface area contributed by atoms with Crippen LogP contribution in [0.15, 0.2) is 60.7 Å². The van der Waals surface area contributed by atoms with Crippen molar-refractivity contribution >= 4 is 22.3 Å². The van der Waals surface area contributed by atoms with Crippen molar-refractivity contribution in [3.05, 3.63) is 71.8 Å². The van der Waals surface area contributed by atoms with Gasteiger partial charge < -0.3 is 4.74 Å². The molecule has 2 unspecified atom stereocenters. The van der Waals surface area contributed by atoms with Crippen LogP contribution in [0.5, 0.6) is 0 Å². The number of hydrogen-bond donors (Lipinski definition) is 0. The molecule has 0 fully saturated rings. The molecule has 0 heterocycles. The van der Waals surface area contributed by atoms with Gasteiger partial charge in [0.1, 0.15) is 5.41 Å². The first-order valence-corrected chi connectivity index (χ1v) is 10.2. The highest BCUT2D eigenvalue weighted by atomic mass is 32.2. The second-order valence-electron chi connectivity index (χ2n) is 6.44. The molecular formula is C22H22N2O2S. The molecule has 0 aliphatic heterocycles. The van der Waals surface area contributed by atoms with Gasteiger partial charge in [0.05, 0.1) is 19.2 Å². The maximum atomic E-state index is 12.9. The minimum Gasteiger partial charge on any atom is -0.467 e. The van der Waals surface area contributed by atoms with Gasteiger partial charge in [-0.1, -0.05) is 66.5 Å². The fourth-order valence-electron chi connectivity index (χ4n) is 3.40. The number of rotatable bonds is 7. The standard InChI is InChI=1S/C22H22N2O2S/c1-26-20(25)22(17-24,27(2)3)21(16-23,14-18-10-6-4-7-11-18)15-19-12-8-5-9-13-19/h4-13H,2,14-15H2,1,3H3. The molecule has 0 bridgehead atoms. The largest absolute Gasteiger partial charge is 0.467 e. The zero-order valence-corrected chi connectivity index (χ0v) is 16.3. The lowest BCUT2D eigenvalue weighted by Crippen LogP contribution is -2.54. The second-order valence-corrected chi connectivity index (χ2v) is 8.33. The van der Waals surface area contributed by atoms with E-state index < -0.39 is 26.6 Å². The van der Waals surface area contributed by atoms with Crippen LogP contribution < -0.4 is 0 Å². The second kappa shape index (κ2) is 8.66. The van der Waals surface area contributed by atoms with Crippen LogP contribution in [0.25, 0.3) is 0 Å². The van der Waals surface area contributed by atoms with E-state index in [4.69, 9.17) is 4.74 Å². The van der Waals surface area contributed by atoms with Crippen LogP contribution in [0.1, 0.15) is 11.1 Å². The lowest BCUT2D eigenvalue weighted by Gasteiger charge is -2.40. The Balaban J connectivity index is 2.73. The Kier molecular flexibility index (Phi) is 6.55. The van der Waals surface area contributed by atoms with E-state index in [9.17, 15) is 15.3 Å². The van der Waals surface area contributed by atoms with Crippen LogP contribution in [-0.2, 0) is 22.4 Å². The summed E-state index contributed by atoms with van der Waals surface area (Å²) in [6, 6.07) is 23.4. The molecular weight excluding hydrogens is 356 g/mol.